The number of rotatable bonds is 7. The third-order valence-electron chi connectivity index (χ3n) is 4.74. The fraction of sp³-hybridized carbons (Fsp3) is 0.318. The molecule has 0 spiro atoms. The molecule has 0 saturated heterocycles. The van der Waals surface area contributed by atoms with E-state index in [-0.39, 0.29) is 5.78 Å². The molecule has 25 heavy (non-hydrogen) atoms. The van der Waals surface area contributed by atoms with Crippen molar-refractivity contribution in [3.05, 3.63) is 70.9 Å². The molecule has 1 N–H and O–H groups in total. The van der Waals surface area contributed by atoms with Gasteiger partial charge in [-0.15, -0.1) is 0 Å². The lowest BCUT2D eigenvalue weighted by Crippen LogP contribution is -2.04. The number of nitrogens with one attached hydrogen (secondary N) is 1. The zero-order valence-electron chi connectivity index (χ0n) is 15.1. The Kier molecular flexibility index (Phi) is 5.64. The third kappa shape index (κ3) is 3.67. The zero-order chi connectivity index (χ0) is 17.8. The Labute approximate surface area is 154 Å². The van der Waals surface area contributed by atoms with Gasteiger partial charge in [-0.1, -0.05) is 56.3 Å². The van der Waals surface area contributed by atoms with E-state index in [0.29, 0.717) is 5.92 Å². The minimum absolute atomic E-state index is 0.104. The predicted octanol–water partition coefficient (Wildman–Crippen LogP) is 5.95. The molecule has 0 bridgehead atoms. The molecule has 2 aromatic carbocycles. The number of hydrogen-bond acceptors (Lipinski definition) is 2. The van der Waals surface area contributed by atoms with E-state index in [0.717, 1.165) is 45.7 Å². The number of ketones is 1. The van der Waals surface area contributed by atoms with Gasteiger partial charge in [0.1, 0.15) is 0 Å². The van der Waals surface area contributed by atoms with E-state index < -0.39 is 0 Å². The van der Waals surface area contributed by atoms with E-state index in [1.807, 2.05) is 49.0 Å². The van der Waals surface area contributed by atoms with Gasteiger partial charge in [-0.2, -0.15) is 11.8 Å². The van der Waals surface area contributed by atoms with E-state index in [1.54, 1.807) is 0 Å². The van der Waals surface area contributed by atoms with Gasteiger partial charge >= 0.3 is 0 Å². The third-order valence-corrected chi connectivity index (χ3v) is 5.67. The average Bonchev–Trinajstić information content (AvgIpc) is 2.97. The number of carbonyl (C=O) groups excluding carboxylic acids is 1. The summed E-state index contributed by atoms with van der Waals surface area (Å²) >= 11 is 1.97. The second-order valence-corrected chi connectivity index (χ2v) is 7.87. The van der Waals surface area contributed by atoms with Gasteiger partial charge in [0.25, 0.3) is 0 Å². The van der Waals surface area contributed by atoms with Crippen molar-refractivity contribution in [3.8, 4) is 0 Å². The van der Waals surface area contributed by atoms with Crippen LogP contribution in [0.1, 0.15) is 53.4 Å². The van der Waals surface area contributed by atoms with E-state index in [4.69, 9.17) is 0 Å². The average molecular weight is 352 g/mol. The van der Waals surface area contributed by atoms with Crippen molar-refractivity contribution >= 4 is 28.4 Å². The smallest absolute Gasteiger partial charge is 0.195 e. The summed E-state index contributed by atoms with van der Waals surface area (Å²) in [5.74, 6) is 2.84. The first-order chi connectivity index (χ1) is 12.1. The molecule has 130 valence electrons. The zero-order valence-corrected chi connectivity index (χ0v) is 16.0. The van der Waals surface area contributed by atoms with Crippen molar-refractivity contribution < 1.29 is 4.79 Å². The van der Waals surface area contributed by atoms with E-state index in [1.165, 1.54) is 5.56 Å². The fourth-order valence-electron chi connectivity index (χ4n) is 3.39. The van der Waals surface area contributed by atoms with Gasteiger partial charge in [0.05, 0.1) is 5.56 Å². The number of aromatic nitrogens is 1. The predicted molar refractivity (Wildman–Crippen MR) is 109 cm³/mol. The molecular formula is C22H25NOS. The lowest BCUT2D eigenvalue weighted by atomic mass is 9.91. The Balaban J connectivity index is 2.07. The van der Waals surface area contributed by atoms with E-state index in [2.05, 4.69) is 37.0 Å². The molecular weight excluding hydrogens is 326 g/mol. The number of thioether (sulfide) groups is 1. The number of H-pyrrole nitrogens is 1. The number of benzene rings is 2. The molecule has 0 aliphatic carbocycles. The number of carbonyl (C=O) groups is 1. The molecule has 3 aromatic rings. The summed E-state index contributed by atoms with van der Waals surface area (Å²) in [7, 11) is 0. The van der Waals surface area contributed by atoms with E-state index >= 15 is 0 Å². The molecule has 1 unspecified atom stereocenters. The van der Waals surface area contributed by atoms with Crippen molar-refractivity contribution in [2.75, 3.05) is 11.5 Å². The normalized spacial score (nSPS) is 12.4. The second kappa shape index (κ2) is 7.92. The first-order valence-electron chi connectivity index (χ1n) is 8.92. The molecule has 2 nitrogen and oxygen atoms in total. The Morgan fingerprint density at radius 1 is 1.12 bits per heavy atom. The monoisotopic (exact) mass is 351 g/mol. The lowest BCUT2D eigenvalue weighted by molar-refractivity contribution is 0.103. The molecule has 0 aliphatic rings. The minimum Gasteiger partial charge on any atom is -0.358 e. The largest absolute Gasteiger partial charge is 0.358 e. The van der Waals surface area contributed by atoms with Gasteiger partial charge < -0.3 is 4.98 Å². The van der Waals surface area contributed by atoms with Gasteiger partial charge in [0.2, 0.25) is 0 Å². The summed E-state index contributed by atoms with van der Waals surface area (Å²) < 4.78 is 0. The molecule has 3 rings (SSSR count). The van der Waals surface area contributed by atoms with Crippen LogP contribution in [0.15, 0.2) is 48.5 Å². The number of fused-ring (bicyclic) bond motifs is 1. The summed E-state index contributed by atoms with van der Waals surface area (Å²) in [5, 5.41) is 1.10. The Morgan fingerprint density at radius 3 is 2.60 bits per heavy atom. The van der Waals surface area contributed by atoms with Gasteiger partial charge in [0, 0.05) is 22.2 Å². The van der Waals surface area contributed by atoms with Crippen LogP contribution in [0.5, 0.6) is 0 Å². The van der Waals surface area contributed by atoms with Crippen LogP contribution in [-0.2, 0) is 0 Å². The van der Waals surface area contributed by atoms with Gasteiger partial charge in [-0.05, 0) is 42.4 Å². The van der Waals surface area contributed by atoms with Crippen molar-refractivity contribution in [1.82, 2.24) is 4.98 Å². The molecule has 0 fully saturated rings. The lowest BCUT2D eigenvalue weighted by Gasteiger charge is -2.14. The molecule has 3 heteroatoms. The molecule has 0 amide bonds. The van der Waals surface area contributed by atoms with Crippen LogP contribution in [0.3, 0.4) is 0 Å². The summed E-state index contributed by atoms with van der Waals surface area (Å²) in [4.78, 5) is 16.6. The molecule has 1 atom stereocenters. The van der Waals surface area contributed by atoms with E-state index in [9.17, 15) is 4.79 Å². The maximum absolute atomic E-state index is 13.2. The Bertz CT molecular complexity index is 866. The van der Waals surface area contributed by atoms with Crippen LogP contribution in [0.4, 0.5) is 0 Å². The molecule has 0 aliphatic heterocycles. The first-order valence-corrected chi connectivity index (χ1v) is 10.1. The van der Waals surface area contributed by atoms with Crippen molar-refractivity contribution in [3.63, 3.8) is 0 Å². The summed E-state index contributed by atoms with van der Waals surface area (Å²) in [6, 6.07) is 15.9. The van der Waals surface area contributed by atoms with Gasteiger partial charge in [0.15, 0.2) is 5.78 Å². The standard InChI is InChI=1S/C22H25NOS/c1-4-25-14-13-15(2)18-11-8-12-19-21(18)20(16(3)23-19)22(24)17-9-6-5-7-10-17/h5-12,15,23H,4,13-14H2,1-3H3. The van der Waals surface area contributed by atoms with Crippen molar-refractivity contribution in [1.29, 1.82) is 0 Å². The molecule has 1 heterocycles. The van der Waals surface area contributed by atoms with Gasteiger partial charge in [-0.3, -0.25) is 4.79 Å². The molecule has 1 aromatic heterocycles. The Hall–Kier alpha value is -2.00. The Morgan fingerprint density at radius 2 is 1.88 bits per heavy atom. The highest BCUT2D eigenvalue weighted by atomic mass is 32.2. The second-order valence-electron chi connectivity index (χ2n) is 6.48. The van der Waals surface area contributed by atoms with Crippen LogP contribution < -0.4 is 0 Å². The summed E-state index contributed by atoms with van der Waals surface area (Å²) in [6.07, 6.45) is 1.13. The fourth-order valence-corrected chi connectivity index (χ4v) is 4.20. The van der Waals surface area contributed by atoms with Crippen LogP contribution in [0.25, 0.3) is 10.9 Å². The van der Waals surface area contributed by atoms with Gasteiger partial charge in [-0.25, -0.2) is 0 Å². The summed E-state index contributed by atoms with van der Waals surface area (Å²) in [5.41, 5.74) is 4.86. The SMILES string of the molecule is CCSCCC(C)c1cccc2[nH]c(C)c(C(=O)c3ccccc3)c12. The molecule has 0 radical (unpaired) electrons. The topological polar surface area (TPSA) is 32.9 Å². The quantitative estimate of drug-likeness (QED) is 0.421. The number of hydrogen-bond donors (Lipinski definition) is 1. The maximum atomic E-state index is 13.2. The minimum atomic E-state index is 0.104. The maximum Gasteiger partial charge on any atom is 0.195 e. The van der Waals surface area contributed by atoms with Crippen LogP contribution in [0, 0.1) is 6.92 Å². The van der Waals surface area contributed by atoms with Crippen LogP contribution >= 0.6 is 11.8 Å². The highest BCUT2D eigenvalue weighted by molar-refractivity contribution is 7.99. The molecule has 0 saturated carbocycles. The van der Waals surface area contributed by atoms with Crippen LogP contribution in [0.2, 0.25) is 0 Å². The van der Waals surface area contributed by atoms with Crippen LogP contribution in [-0.4, -0.2) is 22.3 Å². The highest BCUT2D eigenvalue weighted by Crippen LogP contribution is 2.33. The highest BCUT2D eigenvalue weighted by Gasteiger charge is 2.21. The number of aryl methyl sites for hydroxylation is 1. The summed E-state index contributed by atoms with van der Waals surface area (Å²) in [6.45, 7) is 6.46. The first kappa shape index (κ1) is 17.8. The number of aromatic amines is 1. The van der Waals surface area contributed by atoms with Crippen molar-refractivity contribution in [2.45, 2.75) is 33.1 Å². The van der Waals surface area contributed by atoms with Crippen molar-refractivity contribution in [2.24, 2.45) is 0 Å².